The lowest BCUT2D eigenvalue weighted by Gasteiger charge is -2.14. The summed E-state index contributed by atoms with van der Waals surface area (Å²) in [7, 11) is 1.61. The Morgan fingerprint density at radius 1 is 1.12 bits per heavy atom. The van der Waals surface area contributed by atoms with Gasteiger partial charge in [-0.2, -0.15) is 0 Å². The molecule has 34 heavy (non-hydrogen) atoms. The minimum absolute atomic E-state index is 0.202. The number of rotatable bonds is 6. The summed E-state index contributed by atoms with van der Waals surface area (Å²) >= 11 is 12.6. The van der Waals surface area contributed by atoms with Gasteiger partial charge in [0.15, 0.2) is 0 Å². The number of aryl methyl sites for hydroxylation is 2. The maximum Gasteiger partial charge on any atom is 0.248 e. The summed E-state index contributed by atoms with van der Waals surface area (Å²) in [5.41, 5.74) is 6.67. The molecule has 0 spiro atoms. The average molecular weight is 494 g/mol. The van der Waals surface area contributed by atoms with Gasteiger partial charge in [0.05, 0.1) is 18.4 Å². The molecular weight excluding hydrogens is 469 g/mol. The number of furan rings is 1. The number of halogens is 2. The van der Waals surface area contributed by atoms with Crippen LogP contribution in [0, 0.1) is 6.92 Å². The number of hydrogen-bond donors (Lipinski definition) is 1. The Bertz CT molecular complexity index is 1420. The fourth-order valence-electron chi connectivity index (χ4n) is 4.18. The van der Waals surface area contributed by atoms with Crippen LogP contribution in [0.3, 0.4) is 0 Å². The van der Waals surface area contributed by atoms with Crippen molar-refractivity contribution in [3.8, 4) is 16.9 Å². The standard InChI is InChI=1S/C28H25Cl2NO3/c1-5-18-8-6-7-9-25(18)31-26(32)12-16(2)21-14-22-23(20-11-10-19(29)13-24(20)30)15-34-28(22)17(3)27(21)33-4/h6-15H,5H2,1-4H3,(H,31,32)/b16-12+. The molecule has 1 heterocycles. The van der Waals surface area contributed by atoms with Crippen LogP contribution in [-0.4, -0.2) is 13.0 Å². The lowest BCUT2D eigenvalue weighted by atomic mass is 9.96. The monoisotopic (exact) mass is 493 g/mol. The number of hydrogen-bond acceptors (Lipinski definition) is 3. The number of methoxy groups -OCH3 is 1. The summed E-state index contributed by atoms with van der Waals surface area (Å²) in [5, 5.41) is 4.97. The van der Waals surface area contributed by atoms with Crippen molar-refractivity contribution >= 4 is 51.3 Å². The number of allylic oxidation sites excluding steroid dienone is 1. The summed E-state index contributed by atoms with van der Waals surface area (Å²) < 4.78 is 11.6. The number of anilines is 1. The summed E-state index contributed by atoms with van der Waals surface area (Å²) in [4.78, 5) is 12.9. The van der Waals surface area contributed by atoms with Crippen LogP contribution in [0.4, 0.5) is 5.69 Å². The van der Waals surface area contributed by atoms with Crippen LogP contribution in [0.2, 0.25) is 10.0 Å². The molecule has 1 amide bonds. The van der Waals surface area contributed by atoms with Crippen molar-refractivity contribution in [2.75, 3.05) is 12.4 Å². The van der Waals surface area contributed by atoms with Gasteiger partial charge in [0, 0.05) is 44.4 Å². The lowest BCUT2D eigenvalue weighted by molar-refractivity contribution is -0.111. The molecule has 1 N–H and O–H groups in total. The molecule has 1 aromatic heterocycles. The molecule has 0 atom stereocenters. The molecule has 6 heteroatoms. The highest BCUT2D eigenvalue weighted by atomic mass is 35.5. The largest absolute Gasteiger partial charge is 0.496 e. The smallest absolute Gasteiger partial charge is 0.248 e. The molecule has 0 fully saturated rings. The third kappa shape index (κ3) is 4.56. The predicted molar refractivity (Wildman–Crippen MR) is 141 cm³/mol. The topological polar surface area (TPSA) is 51.5 Å². The van der Waals surface area contributed by atoms with Gasteiger partial charge in [-0.1, -0.05) is 54.4 Å². The number of ether oxygens (including phenoxy) is 1. The number of fused-ring (bicyclic) bond motifs is 1. The highest BCUT2D eigenvalue weighted by molar-refractivity contribution is 6.36. The zero-order valence-electron chi connectivity index (χ0n) is 19.5. The van der Waals surface area contributed by atoms with Crippen molar-refractivity contribution in [2.45, 2.75) is 27.2 Å². The van der Waals surface area contributed by atoms with Crippen molar-refractivity contribution in [1.29, 1.82) is 0 Å². The quantitative estimate of drug-likeness (QED) is 0.274. The molecule has 174 valence electrons. The Hall–Kier alpha value is -3.21. The number of para-hydroxylation sites is 1. The Balaban J connectivity index is 1.78. The van der Waals surface area contributed by atoms with Crippen molar-refractivity contribution in [3.05, 3.63) is 87.6 Å². The van der Waals surface area contributed by atoms with Crippen LogP contribution < -0.4 is 10.1 Å². The van der Waals surface area contributed by atoms with E-state index >= 15 is 0 Å². The van der Waals surface area contributed by atoms with Gasteiger partial charge in [-0.25, -0.2) is 0 Å². The number of carbonyl (C=O) groups is 1. The molecule has 4 nitrogen and oxygen atoms in total. The minimum Gasteiger partial charge on any atom is -0.496 e. The van der Waals surface area contributed by atoms with Crippen molar-refractivity contribution in [2.24, 2.45) is 0 Å². The van der Waals surface area contributed by atoms with Crippen LogP contribution in [0.1, 0.15) is 30.5 Å². The maximum absolute atomic E-state index is 12.9. The van der Waals surface area contributed by atoms with E-state index in [9.17, 15) is 4.79 Å². The Labute approximate surface area is 209 Å². The molecular formula is C28H25Cl2NO3. The second-order valence-electron chi connectivity index (χ2n) is 8.06. The van der Waals surface area contributed by atoms with Crippen LogP contribution in [0.25, 0.3) is 27.7 Å². The molecule has 0 unspecified atom stereocenters. The lowest BCUT2D eigenvalue weighted by Crippen LogP contribution is -2.10. The van der Waals surface area contributed by atoms with E-state index in [1.54, 1.807) is 31.6 Å². The Morgan fingerprint density at radius 2 is 1.88 bits per heavy atom. The van der Waals surface area contributed by atoms with Crippen LogP contribution >= 0.6 is 23.2 Å². The van der Waals surface area contributed by atoms with Gasteiger partial charge in [0.25, 0.3) is 0 Å². The van der Waals surface area contributed by atoms with Gasteiger partial charge in [-0.15, -0.1) is 0 Å². The third-order valence-corrected chi connectivity index (χ3v) is 6.45. The van der Waals surface area contributed by atoms with Crippen molar-refractivity contribution in [3.63, 3.8) is 0 Å². The van der Waals surface area contributed by atoms with Gasteiger partial charge in [0.1, 0.15) is 11.3 Å². The molecule has 0 saturated heterocycles. The first-order chi connectivity index (χ1) is 16.3. The Kier molecular flexibility index (Phi) is 7.01. The fraction of sp³-hybridized carbons (Fsp3) is 0.179. The first kappa shape index (κ1) is 23.9. The maximum atomic E-state index is 12.9. The predicted octanol–water partition coefficient (Wildman–Crippen LogP) is 8.33. The summed E-state index contributed by atoms with van der Waals surface area (Å²) in [6.07, 6.45) is 4.10. The fourth-order valence-corrected chi connectivity index (χ4v) is 4.69. The van der Waals surface area contributed by atoms with E-state index in [0.717, 1.165) is 50.9 Å². The molecule has 0 radical (unpaired) electrons. The zero-order valence-corrected chi connectivity index (χ0v) is 21.0. The molecule has 0 saturated carbocycles. The molecule has 4 rings (SSSR count). The van der Waals surface area contributed by atoms with E-state index in [4.69, 9.17) is 32.4 Å². The molecule has 0 aliphatic carbocycles. The van der Waals surface area contributed by atoms with E-state index in [2.05, 4.69) is 12.2 Å². The van der Waals surface area contributed by atoms with Crippen LogP contribution in [-0.2, 0) is 11.2 Å². The van der Waals surface area contributed by atoms with Gasteiger partial charge in [-0.3, -0.25) is 4.79 Å². The number of nitrogens with one attached hydrogen (secondary N) is 1. The first-order valence-electron chi connectivity index (χ1n) is 11.0. The summed E-state index contributed by atoms with van der Waals surface area (Å²) in [6.45, 7) is 5.89. The Morgan fingerprint density at radius 3 is 2.59 bits per heavy atom. The van der Waals surface area contributed by atoms with Gasteiger partial charge < -0.3 is 14.5 Å². The van der Waals surface area contributed by atoms with E-state index < -0.39 is 0 Å². The highest BCUT2D eigenvalue weighted by Gasteiger charge is 2.20. The molecule has 0 aliphatic rings. The molecule has 0 aliphatic heterocycles. The van der Waals surface area contributed by atoms with Crippen molar-refractivity contribution in [1.82, 2.24) is 0 Å². The second-order valence-corrected chi connectivity index (χ2v) is 8.90. The number of amides is 1. The van der Waals surface area contributed by atoms with Gasteiger partial charge >= 0.3 is 0 Å². The summed E-state index contributed by atoms with van der Waals surface area (Å²) in [6, 6.07) is 15.1. The SMILES string of the molecule is CCc1ccccc1NC(=O)/C=C(\C)c1cc2c(-c3ccc(Cl)cc3Cl)coc2c(C)c1OC. The first-order valence-corrected chi connectivity index (χ1v) is 11.7. The van der Waals surface area contributed by atoms with Gasteiger partial charge in [-0.05, 0) is 55.7 Å². The van der Waals surface area contributed by atoms with Crippen molar-refractivity contribution < 1.29 is 13.9 Å². The summed E-state index contributed by atoms with van der Waals surface area (Å²) in [5.74, 6) is 0.456. The molecule has 0 bridgehead atoms. The number of carbonyl (C=O) groups excluding carboxylic acids is 1. The van der Waals surface area contributed by atoms with E-state index in [0.29, 0.717) is 21.4 Å². The number of benzene rings is 3. The molecule has 4 aromatic rings. The average Bonchev–Trinajstić information content (AvgIpc) is 3.23. The highest BCUT2D eigenvalue weighted by Crippen LogP contribution is 2.42. The second kappa shape index (κ2) is 9.96. The molecule has 3 aromatic carbocycles. The van der Waals surface area contributed by atoms with Crippen LogP contribution in [0.15, 0.2) is 65.3 Å². The van der Waals surface area contributed by atoms with Gasteiger partial charge in [0.2, 0.25) is 5.91 Å². The van der Waals surface area contributed by atoms with E-state index in [1.807, 2.05) is 50.2 Å². The minimum atomic E-state index is -0.202. The normalized spacial score (nSPS) is 11.6. The zero-order chi connectivity index (χ0) is 24.4. The van der Waals surface area contributed by atoms with E-state index in [-0.39, 0.29) is 5.91 Å². The third-order valence-electron chi connectivity index (χ3n) is 5.90. The van der Waals surface area contributed by atoms with Crippen LogP contribution in [0.5, 0.6) is 5.75 Å². The van der Waals surface area contributed by atoms with E-state index in [1.165, 1.54) is 0 Å².